The molecule has 2 atom stereocenters. The zero-order valence-electron chi connectivity index (χ0n) is 14.4. The summed E-state index contributed by atoms with van der Waals surface area (Å²) in [6.07, 6.45) is 2.99. The second kappa shape index (κ2) is 9.44. The molecule has 2 aromatic rings. The van der Waals surface area contributed by atoms with Crippen molar-refractivity contribution in [2.24, 2.45) is 0 Å². The Bertz CT molecular complexity index is 676. The molecule has 3 rings (SSSR count). The van der Waals surface area contributed by atoms with Gasteiger partial charge in [0.1, 0.15) is 18.5 Å². The first-order valence-electron chi connectivity index (χ1n) is 8.53. The van der Waals surface area contributed by atoms with Crippen molar-refractivity contribution >= 4 is 24.0 Å². The molecule has 0 bridgehead atoms. The lowest BCUT2D eigenvalue weighted by atomic mass is 10.1. The Morgan fingerprint density at radius 1 is 1.12 bits per heavy atom. The minimum Gasteiger partial charge on any atom is -0.491 e. The van der Waals surface area contributed by atoms with Gasteiger partial charge in [0, 0.05) is 17.6 Å². The van der Waals surface area contributed by atoms with Gasteiger partial charge in [0.2, 0.25) is 0 Å². The highest BCUT2D eigenvalue weighted by molar-refractivity contribution is 6.30. The van der Waals surface area contributed by atoms with Crippen LogP contribution < -0.4 is 10.1 Å². The van der Waals surface area contributed by atoms with Gasteiger partial charge in [-0.05, 0) is 67.1 Å². The number of ether oxygens (including phenoxy) is 1. The molecule has 0 amide bonds. The van der Waals surface area contributed by atoms with Crippen LogP contribution >= 0.6 is 24.0 Å². The maximum absolute atomic E-state index is 10.1. The van der Waals surface area contributed by atoms with E-state index in [4.69, 9.17) is 16.3 Å². The Morgan fingerprint density at radius 2 is 1.84 bits per heavy atom. The van der Waals surface area contributed by atoms with Gasteiger partial charge in [-0.3, -0.25) is 0 Å². The van der Waals surface area contributed by atoms with E-state index in [0.29, 0.717) is 13.2 Å². The van der Waals surface area contributed by atoms with Gasteiger partial charge in [-0.1, -0.05) is 29.8 Å². The van der Waals surface area contributed by atoms with Crippen molar-refractivity contribution in [3.63, 3.8) is 0 Å². The van der Waals surface area contributed by atoms with E-state index in [-0.39, 0.29) is 18.4 Å². The van der Waals surface area contributed by atoms with Crippen LogP contribution in [0.1, 0.15) is 36.1 Å². The van der Waals surface area contributed by atoms with Crippen LogP contribution in [0.2, 0.25) is 5.02 Å². The highest BCUT2D eigenvalue weighted by atomic mass is 35.5. The Kier molecular flexibility index (Phi) is 7.57. The van der Waals surface area contributed by atoms with Gasteiger partial charge in [-0.25, -0.2) is 0 Å². The minimum atomic E-state index is -0.548. The maximum atomic E-state index is 10.1. The molecule has 0 saturated carbocycles. The molecule has 25 heavy (non-hydrogen) atoms. The predicted octanol–water partition coefficient (Wildman–Crippen LogP) is 4.34. The molecule has 0 radical (unpaired) electrons. The number of rotatable bonds is 7. The molecule has 1 aliphatic carbocycles. The summed E-state index contributed by atoms with van der Waals surface area (Å²) in [5, 5.41) is 14.2. The fourth-order valence-electron chi connectivity index (χ4n) is 3.07. The normalized spacial score (nSPS) is 15.2. The van der Waals surface area contributed by atoms with E-state index in [1.54, 1.807) is 0 Å². The molecule has 2 aromatic carbocycles. The topological polar surface area (TPSA) is 41.5 Å². The summed E-state index contributed by atoms with van der Waals surface area (Å²) in [6.45, 7) is 2.84. The molecular formula is C20H25Cl2NO2. The predicted molar refractivity (Wildman–Crippen MR) is 105 cm³/mol. The quantitative estimate of drug-likeness (QED) is 0.749. The lowest BCUT2D eigenvalue weighted by Crippen LogP contribution is -2.33. The highest BCUT2D eigenvalue weighted by Crippen LogP contribution is 2.26. The number of fused-ring (bicyclic) bond motifs is 1. The average Bonchev–Trinajstić information content (AvgIpc) is 3.06. The molecule has 136 valence electrons. The second-order valence-corrected chi connectivity index (χ2v) is 6.87. The van der Waals surface area contributed by atoms with E-state index in [2.05, 4.69) is 24.4 Å². The van der Waals surface area contributed by atoms with Crippen LogP contribution in [0, 0.1) is 0 Å². The first-order chi connectivity index (χ1) is 11.6. The van der Waals surface area contributed by atoms with Gasteiger partial charge in [0.25, 0.3) is 0 Å². The Labute approximate surface area is 160 Å². The number of nitrogens with one attached hydrogen (secondary N) is 1. The molecule has 0 heterocycles. The van der Waals surface area contributed by atoms with E-state index in [1.165, 1.54) is 24.0 Å². The number of aliphatic hydroxyl groups excluding tert-OH is 1. The summed E-state index contributed by atoms with van der Waals surface area (Å²) in [5.74, 6) is 0.848. The van der Waals surface area contributed by atoms with Crippen molar-refractivity contribution in [2.45, 2.75) is 38.3 Å². The number of hydrogen-bond donors (Lipinski definition) is 2. The summed E-state index contributed by atoms with van der Waals surface area (Å²) in [7, 11) is 0. The molecule has 0 spiro atoms. The smallest absolute Gasteiger partial charge is 0.119 e. The number of halogens is 2. The van der Waals surface area contributed by atoms with Crippen LogP contribution in [0.25, 0.3) is 0 Å². The second-order valence-electron chi connectivity index (χ2n) is 6.43. The molecule has 0 aliphatic heterocycles. The molecular weight excluding hydrogens is 357 g/mol. The average molecular weight is 382 g/mol. The zero-order valence-corrected chi connectivity index (χ0v) is 15.9. The van der Waals surface area contributed by atoms with E-state index in [1.807, 2.05) is 30.3 Å². The van der Waals surface area contributed by atoms with Gasteiger partial charge < -0.3 is 15.2 Å². The molecule has 2 N–H and O–H groups in total. The molecule has 0 fully saturated rings. The number of aliphatic hydroxyl groups is 1. The largest absolute Gasteiger partial charge is 0.491 e. The first kappa shape index (κ1) is 20.1. The molecule has 1 aliphatic rings. The minimum absolute atomic E-state index is 0. The lowest BCUT2D eigenvalue weighted by Gasteiger charge is -2.18. The van der Waals surface area contributed by atoms with Crippen molar-refractivity contribution < 1.29 is 9.84 Å². The monoisotopic (exact) mass is 381 g/mol. The Morgan fingerprint density at radius 3 is 2.60 bits per heavy atom. The van der Waals surface area contributed by atoms with Gasteiger partial charge in [0.15, 0.2) is 0 Å². The summed E-state index contributed by atoms with van der Waals surface area (Å²) >= 11 is 5.90. The van der Waals surface area contributed by atoms with E-state index in [9.17, 15) is 5.11 Å². The van der Waals surface area contributed by atoms with Crippen LogP contribution in [-0.2, 0) is 12.8 Å². The third kappa shape index (κ3) is 5.61. The van der Waals surface area contributed by atoms with E-state index in [0.717, 1.165) is 22.8 Å². The molecule has 0 saturated heterocycles. The molecule has 2 unspecified atom stereocenters. The lowest BCUT2D eigenvalue weighted by molar-refractivity contribution is 0.104. The van der Waals surface area contributed by atoms with Gasteiger partial charge >= 0.3 is 0 Å². The zero-order chi connectivity index (χ0) is 16.9. The van der Waals surface area contributed by atoms with Crippen LogP contribution in [0.3, 0.4) is 0 Å². The van der Waals surface area contributed by atoms with Gasteiger partial charge in [-0.2, -0.15) is 0 Å². The molecule has 5 heteroatoms. The SMILES string of the molecule is CC(NCC(O)COc1ccc2c(c1)CCC2)c1ccc(Cl)cc1.Cl. The summed E-state index contributed by atoms with van der Waals surface area (Å²) in [6, 6.07) is 14.1. The summed E-state index contributed by atoms with van der Waals surface area (Å²) in [4.78, 5) is 0. The number of hydrogen-bond acceptors (Lipinski definition) is 3. The van der Waals surface area contributed by atoms with Gasteiger partial charge in [0.05, 0.1) is 0 Å². The number of aryl methyl sites for hydroxylation is 2. The van der Waals surface area contributed by atoms with Crippen LogP contribution in [-0.4, -0.2) is 24.4 Å². The molecule has 0 aromatic heterocycles. The highest BCUT2D eigenvalue weighted by Gasteiger charge is 2.13. The van der Waals surface area contributed by atoms with Gasteiger partial charge in [-0.15, -0.1) is 12.4 Å². The van der Waals surface area contributed by atoms with Crippen LogP contribution in [0.5, 0.6) is 5.75 Å². The van der Waals surface area contributed by atoms with Crippen molar-refractivity contribution in [3.05, 3.63) is 64.2 Å². The van der Waals surface area contributed by atoms with Crippen molar-refractivity contribution in [2.75, 3.05) is 13.2 Å². The third-order valence-corrected chi connectivity index (χ3v) is 4.79. The van der Waals surface area contributed by atoms with Crippen molar-refractivity contribution in [1.29, 1.82) is 0 Å². The third-order valence-electron chi connectivity index (χ3n) is 4.54. The number of benzene rings is 2. The summed E-state index contributed by atoms with van der Waals surface area (Å²) < 4.78 is 5.74. The molecule has 3 nitrogen and oxygen atoms in total. The standard InChI is InChI=1S/C20H24ClNO2.ClH/c1-14(15-5-8-18(21)9-6-15)22-12-19(23)13-24-20-10-7-16-3-2-4-17(16)11-20;/h5-11,14,19,22-23H,2-4,12-13H2,1H3;1H. The fraction of sp³-hybridized carbons (Fsp3) is 0.400. The van der Waals surface area contributed by atoms with Crippen molar-refractivity contribution in [3.8, 4) is 5.75 Å². The van der Waals surface area contributed by atoms with Crippen molar-refractivity contribution in [1.82, 2.24) is 5.32 Å². The Hall–Kier alpha value is -1.26. The fourth-order valence-corrected chi connectivity index (χ4v) is 3.20. The van der Waals surface area contributed by atoms with Crippen LogP contribution in [0.15, 0.2) is 42.5 Å². The summed E-state index contributed by atoms with van der Waals surface area (Å²) in [5.41, 5.74) is 3.96. The van der Waals surface area contributed by atoms with E-state index < -0.39 is 6.10 Å². The Balaban J connectivity index is 0.00000225. The maximum Gasteiger partial charge on any atom is 0.119 e. The van der Waals surface area contributed by atoms with Crippen LogP contribution in [0.4, 0.5) is 0 Å². The first-order valence-corrected chi connectivity index (χ1v) is 8.91. The van der Waals surface area contributed by atoms with E-state index >= 15 is 0 Å².